The van der Waals surface area contributed by atoms with E-state index in [0.717, 1.165) is 10.2 Å². The minimum absolute atomic E-state index is 0.317. The van der Waals surface area contributed by atoms with Gasteiger partial charge in [0.05, 0.1) is 27.1 Å². The summed E-state index contributed by atoms with van der Waals surface area (Å²) in [7, 11) is -1.25. The predicted molar refractivity (Wildman–Crippen MR) is 77.9 cm³/mol. The second kappa shape index (κ2) is 5.82. The highest BCUT2D eigenvalue weighted by Crippen LogP contribution is 2.23. The molecule has 0 saturated heterocycles. The average molecular weight is 346 g/mol. The Morgan fingerprint density at radius 2 is 2.11 bits per heavy atom. The summed E-state index contributed by atoms with van der Waals surface area (Å²) in [6.07, 6.45) is 1.67. The van der Waals surface area contributed by atoms with Gasteiger partial charge >= 0.3 is 0 Å². The minimum atomic E-state index is -1.25. The highest BCUT2D eigenvalue weighted by atomic mass is 79.9. The van der Waals surface area contributed by atoms with Gasteiger partial charge in [-0.05, 0) is 46.3 Å². The molecule has 0 bridgehead atoms. The first-order chi connectivity index (χ1) is 8.56. The number of benzene rings is 1. The van der Waals surface area contributed by atoms with Crippen LogP contribution in [0.1, 0.15) is 5.69 Å². The number of hydrogen-bond donors (Lipinski definition) is 1. The van der Waals surface area contributed by atoms with Gasteiger partial charge < -0.3 is 5.73 Å². The zero-order valence-electron chi connectivity index (χ0n) is 9.27. The van der Waals surface area contributed by atoms with Gasteiger partial charge in [0.25, 0.3) is 0 Å². The fourth-order valence-corrected chi connectivity index (χ4v) is 3.06. The fraction of sp³-hybridized carbons (Fsp3) is 0.0833. The molecule has 0 aliphatic heterocycles. The number of nitrogens with zero attached hydrogens (tertiary/aromatic N) is 1. The van der Waals surface area contributed by atoms with E-state index >= 15 is 0 Å². The summed E-state index contributed by atoms with van der Waals surface area (Å²) in [5.74, 6) is 0.317. The van der Waals surface area contributed by atoms with Gasteiger partial charge in [0.15, 0.2) is 0 Å². The topological polar surface area (TPSA) is 56.0 Å². The van der Waals surface area contributed by atoms with E-state index in [1.807, 2.05) is 12.1 Å². The highest BCUT2D eigenvalue weighted by Gasteiger charge is 2.10. The Bertz CT molecular complexity index is 589. The Morgan fingerprint density at radius 3 is 2.78 bits per heavy atom. The molecular weight excluding hydrogens is 336 g/mol. The zero-order valence-corrected chi connectivity index (χ0v) is 12.4. The van der Waals surface area contributed by atoms with E-state index < -0.39 is 10.8 Å². The number of halogens is 2. The van der Waals surface area contributed by atoms with Crippen molar-refractivity contribution < 1.29 is 4.21 Å². The van der Waals surface area contributed by atoms with Gasteiger partial charge in [0, 0.05) is 21.4 Å². The molecule has 1 heterocycles. The van der Waals surface area contributed by atoms with Crippen LogP contribution in [0.25, 0.3) is 0 Å². The number of nitrogen functional groups attached to an aromatic ring is 1. The number of anilines is 1. The lowest BCUT2D eigenvalue weighted by molar-refractivity contribution is 0.682. The van der Waals surface area contributed by atoms with E-state index in [4.69, 9.17) is 17.3 Å². The molecule has 3 nitrogen and oxygen atoms in total. The number of rotatable bonds is 3. The molecule has 6 heteroatoms. The molecule has 0 saturated carbocycles. The summed E-state index contributed by atoms with van der Waals surface area (Å²) >= 11 is 9.17. The van der Waals surface area contributed by atoms with Gasteiger partial charge in [-0.3, -0.25) is 9.19 Å². The number of aromatic nitrogens is 1. The minimum Gasteiger partial charge on any atom is -0.398 e. The quantitative estimate of drug-likeness (QED) is 0.868. The van der Waals surface area contributed by atoms with Crippen LogP contribution in [0.4, 0.5) is 5.69 Å². The summed E-state index contributed by atoms with van der Waals surface area (Å²) in [4.78, 5) is 4.73. The monoisotopic (exact) mass is 344 g/mol. The Labute approximate surface area is 121 Å². The summed E-state index contributed by atoms with van der Waals surface area (Å²) in [5.41, 5.74) is 7.02. The second-order valence-corrected chi connectivity index (χ2v) is 6.41. The van der Waals surface area contributed by atoms with Crippen molar-refractivity contribution in [1.82, 2.24) is 4.98 Å². The Balaban J connectivity index is 2.21. The normalized spacial score (nSPS) is 12.3. The van der Waals surface area contributed by atoms with Gasteiger partial charge in [0.1, 0.15) is 0 Å². The first kappa shape index (κ1) is 13.5. The molecule has 1 atom stereocenters. The summed E-state index contributed by atoms with van der Waals surface area (Å²) in [5, 5.41) is 0.524. The summed E-state index contributed by atoms with van der Waals surface area (Å²) in [6, 6.07) is 8.65. The molecule has 94 valence electrons. The maximum Gasteiger partial charge on any atom is 0.0706 e. The van der Waals surface area contributed by atoms with E-state index in [1.165, 1.54) is 0 Å². The van der Waals surface area contributed by atoms with Crippen LogP contribution in [-0.4, -0.2) is 9.19 Å². The van der Waals surface area contributed by atoms with Crippen LogP contribution in [0.5, 0.6) is 0 Å². The van der Waals surface area contributed by atoms with Crippen LogP contribution in [0.15, 0.2) is 45.9 Å². The van der Waals surface area contributed by atoms with Crippen molar-refractivity contribution in [2.75, 3.05) is 5.73 Å². The third-order valence-corrected chi connectivity index (χ3v) is 4.39. The standard InChI is InChI=1S/C12H10BrClN2OS/c13-8-1-3-10(16-6-8)7-18(17)12-5-9(14)2-4-11(12)15/h1-6H,7,15H2. The van der Waals surface area contributed by atoms with Crippen molar-refractivity contribution >= 4 is 44.0 Å². The lowest BCUT2D eigenvalue weighted by Crippen LogP contribution is -2.02. The third kappa shape index (κ3) is 3.31. The smallest absolute Gasteiger partial charge is 0.0706 e. The van der Waals surface area contributed by atoms with Crippen LogP contribution in [0.3, 0.4) is 0 Å². The molecule has 0 amide bonds. The summed E-state index contributed by atoms with van der Waals surface area (Å²) < 4.78 is 13.1. The maximum atomic E-state index is 12.2. The van der Waals surface area contributed by atoms with Crippen molar-refractivity contribution in [3.8, 4) is 0 Å². The van der Waals surface area contributed by atoms with E-state index in [2.05, 4.69) is 20.9 Å². The van der Waals surface area contributed by atoms with Crippen molar-refractivity contribution in [3.63, 3.8) is 0 Å². The van der Waals surface area contributed by atoms with Crippen molar-refractivity contribution in [2.24, 2.45) is 0 Å². The number of nitrogens with two attached hydrogens (primary N) is 1. The molecule has 1 aromatic carbocycles. The Morgan fingerprint density at radius 1 is 1.33 bits per heavy atom. The van der Waals surface area contributed by atoms with Gasteiger partial charge in [0.2, 0.25) is 0 Å². The van der Waals surface area contributed by atoms with Crippen LogP contribution in [0.2, 0.25) is 5.02 Å². The van der Waals surface area contributed by atoms with Crippen LogP contribution in [0, 0.1) is 0 Å². The van der Waals surface area contributed by atoms with Gasteiger partial charge in [-0.15, -0.1) is 0 Å². The van der Waals surface area contributed by atoms with Crippen LogP contribution < -0.4 is 5.73 Å². The van der Waals surface area contributed by atoms with Crippen molar-refractivity contribution in [1.29, 1.82) is 0 Å². The molecule has 2 rings (SSSR count). The highest BCUT2D eigenvalue weighted by molar-refractivity contribution is 9.10. The molecule has 0 radical (unpaired) electrons. The molecule has 0 spiro atoms. The van der Waals surface area contributed by atoms with Crippen molar-refractivity contribution in [3.05, 3.63) is 51.7 Å². The SMILES string of the molecule is Nc1ccc(Cl)cc1S(=O)Cc1ccc(Br)cn1. The zero-order chi connectivity index (χ0) is 13.1. The van der Waals surface area contributed by atoms with Crippen LogP contribution >= 0.6 is 27.5 Å². The lowest BCUT2D eigenvalue weighted by atomic mass is 10.3. The molecule has 0 fully saturated rings. The van der Waals surface area contributed by atoms with Crippen molar-refractivity contribution in [2.45, 2.75) is 10.6 Å². The lowest BCUT2D eigenvalue weighted by Gasteiger charge is -2.06. The Kier molecular flexibility index (Phi) is 4.37. The fourth-order valence-electron chi connectivity index (χ4n) is 1.41. The van der Waals surface area contributed by atoms with E-state index in [1.54, 1.807) is 24.4 Å². The first-order valence-corrected chi connectivity index (χ1v) is 7.59. The molecule has 18 heavy (non-hydrogen) atoms. The average Bonchev–Trinajstić information content (AvgIpc) is 2.35. The number of pyridine rings is 1. The van der Waals surface area contributed by atoms with E-state index in [0.29, 0.717) is 21.4 Å². The maximum absolute atomic E-state index is 12.2. The molecule has 1 unspecified atom stereocenters. The molecule has 0 aliphatic carbocycles. The molecular formula is C12H10BrClN2OS. The van der Waals surface area contributed by atoms with E-state index in [-0.39, 0.29) is 0 Å². The molecule has 1 aromatic heterocycles. The Hall–Kier alpha value is -0.910. The van der Waals surface area contributed by atoms with Gasteiger partial charge in [-0.1, -0.05) is 11.6 Å². The summed E-state index contributed by atoms with van der Waals surface area (Å²) in [6.45, 7) is 0. The molecule has 2 aromatic rings. The predicted octanol–water partition coefficient (Wildman–Crippen LogP) is 3.39. The third-order valence-electron chi connectivity index (χ3n) is 2.29. The van der Waals surface area contributed by atoms with Gasteiger partial charge in [-0.25, -0.2) is 0 Å². The largest absolute Gasteiger partial charge is 0.398 e. The first-order valence-electron chi connectivity index (χ1n) is 5.10. The number of hydrogen-bond acceptors (Lipinski definition) is 3. The van der Waals surface area contributed by atoms with E-state index in [9.17, 15) is 4.21 Å². The van der Waals surface area contributed by atoms with Crippen LogP contribution in [-0.2, 0) is 16.6 Å². The molecule has 0 aliphatic rings. The van der Waals surface area contributed by atoms with Gasteiger partial charge in [-0.2, -0.15) is 0 Å². The molecule has 2 N–H and O–H groups in total. The second-order valence-electron chi connectivity index (χ2n) is 3.64.